The number of carbonyl (C=O) groups excluding carboxylic acids is 1. The lowest BCUT2D eigenvalue weighted by Crippen LogP contribution is -2.14. The number of esters is 1. The molecule has 0 spiro atoms. The largest absolute Gasteiger partial charge is 0.463 e. The molecule has 0 bridgehead atoms. The number of aliphatic hydroxyl groups excluding tert-OH is 1. The first-order valence-corrected chi connectivity index (χ1v) is 7.39. The molecule has 0 aliphatic heterocycles. The van der Waals surface area contributed by atoms with E-state index in [1.54, 1.807) is 31.2 Å². The molecular formula is C20H18O3. The molecule has 0 saturated carbocycles. The fourth-order valence-electron chi connectivity index (χ4n) is 2.00. The number of hydrogen-bond donors (Lipinski definition) is 1. The first-order valence-electron chi connectivity index (χ1n) is 7.39. The highest BCUT2D eigenvalue weighted by Crippen LogP contribution is 2.22. The fourth-order valence-corrected chi connectivity index (χ4v) is 2.00. The van der Waals surface area contributed by atoms with E-state index in [0.717, 1.165) is 5.56 Å². The lowest BCUT2D eigenvalue weighted by molar-refractivity contribution is -0.139. The highest BCUT2D eigenvalue weighted by molar-refractivity contribution is 5.90. The van der Waals surface area contributed by atoms with Crippen molar-refractivity contribution in [3.63, 3.8) is 0 Å². The van der Waals surface area contributed by atoms with E-state index in [0.29, 0.717) is 5.56 Å². The first kappa shape index (κ1) is 16.5. The molecule has 0 aliphatic carbocycles. The van der Waals surface area contributed by atoms with Crippen LogP contribution in [0, 0.1) is 11.8 Å². The van der Waals surface area contributed by atoms with Gasteiger partial charge in [0.25, 0.3) is 0 Å². The summed E-state index contributed by atoms with van der Waals surface area (Å²) in [5, 5.41) is 10.4. The summed E-state index contributed by atoms with van der Waals surface area (Å²) in [6.07, 6.45) is 0.350. The predicted molar refractivity (Wildman–Crippen MR) is 89.4 cm³/mol. The van der Waals surface area contributed by atoms with Crippen molar-refractivity contribution in [3.8, 4) is 11.8 Å². The standard InChI is InChI=1S/C20H18O3/c1-2-23-20(22)18(19(21)17-13-7-4-8-14-17)15-9-12-16-10-5-3-6-11-16/h3-8,10-11,13-15,19,21H,2H2,1H3/b18-15-. The molecule has 3 nitrogen and oxygen atoms in total. The summed E-state index contributed by atoms with van der Waals surface area (Å²) in [6.45, 7) is 1.96. The van der Waals surface area contributed by atoms with Gasteiger partial charge >= 0.3 is 5.97 Å². The summed E-state index contributed by atoms with van der Waals surface area (Å²) in [5.41, 5.74) is 1.58. The Hall–Kier alpha value is -2.83. The van der Waals surface area contributed by atoms with Gasteiger partial charge in [-0.1, -0.05) is 60.4 Å². The summed E-state index contributed by atoms with van der Waals surface area (Å²) < 4.78 is 5.01. The van der Waals surface area contributed by atoms with Gasteiger partial charge in [-0.25, -0.2) is 4.79 Å². The second kappa shape index (κ2) is 8.57. The Morgan fingerprint density at radius 2 is 1.74 bits per heavy atom. The van der Waals surface area contributed by atoms with Crippen LogP contribution in [0.25, 0.3) is 0 Å². The van der Waals surface area contributed by atoms with Crippen LogP contribution in [0.3, 0.4) is 0 Å². The minimum absolute atomic E-state index is 0.126. The van der Waals surface area contributed by atoms with Crippen molar-refractivity contribution in [2.24, 2.45) is 0 Å². The molecule has 0 amide bonds. The summed E-state index contributed by atoms with van der Waals surface area (Å²) in [5.74, 6) is 5.19. The van der Waals surface area contributed by atoms with Gasteiger partial charge in [0.2, 0.25) is 0 Å². The third-order valence-electron chi connectivity index (χ3n) is 3.14. The van der Waals surface area contributed by atoms with Crippen molar-refractivity contribution >= 4 is 5.97 Å². The molecule has 0 radical (unpaired) electrons. The Morgan fingerprint density at radius 3 is 2.35 bits per heavy atom. The maximum atomic E-state index is 12.1. The summed E-state index contributed by atoms with van der Waals surface area (Å²) in [4.78, 5) is 12.1. The molecule has 1 N–H and O–H groups in total. The number of allylic oxidation sites excluding steroid dienone is 1. The molecule has 2 aromatic carbocycles. The number of benzene rings is 2. The topological polar surface area (TPSA) is 46.5 Å². The average Bonchev–Trinajstić information content (AvgIpc) is 2.60. The van der Waals surface area contributed by atoms with Gasteiger partial charge in [0.05, 0.1) is 12.2 Å². The van der Waals surface area contributed by atoms with Crippen molar-refractivity contribution in [1.82, 2.24) is 0 Å². The van der Waals surface area contributed by atoms with Crippen molar-refractivity contribution in [3.05, 3.63) is 83.4 Å². The highest BCUT2D eigenvalue weighted by atomic mass is 16.5. The second-order valence-electron chi connectivity index (χ2n) is 4.77. The average molecular weight is 306 g/mol. The van der Waals surface area contributed by atoms with Gasteiger partial charge in [0, 0.05) is 11.6 Å². The molecule has 0 aromatic heterocycles. The third kappa shape index (κ3) is 4.84. The lowest BCUT2D eigenvalue weighted by atomic mass is 10.0. The third-order valence-corrected chi connectivity index (χ3v) is 3.14. The maximum Gasteiger partial charge on any atom is 0.337 e. The van der Waals surface area contributed by atoms with Crippen molar-refractivity contribution in [1.29, 1.82) is 0 Å². The van der Waals surface area contributed by atoms with E-state index >= 15 is 0 Å². The van der Waals surface area contributed by atoms with Crippen LogP contribution in [-0.2, 0) is 9.53 Å². The van der Waals surface area contributed by atoms with Crippen LogP contribution in [0.5, 0.6) is 0 Å². The minimum atomic E-state index is -1.07. The van der Waals surface area contributed by atoms with Crippen LogP contribution in [0.2, 0.25) is 0 Å². The molecule has 1 atom stereocenters. The van der Waals surface area contributed by atoms with Gasteiger partial charge in [-0.05, 0) is 24.6 Å². The summed E-state index contributed by atoms with van der Waals surface area (Å²) in [6, 6.07) is 18.4. The van der Waals surface area contributed by atoms with E-state index in [4.69, 9.17) is 4.74 Å². The monoisotopic (exact) mass is 306 g/mol. The molecule has 2 rings (SSSR count). The Labute approximate surface area is 136 Å². The highest BCUT2D eigenvalue weighted by Gasteiger charge is 2.21. The number of rotatable bonds is 4. The lowest BCUT2D eigenvalue weighted by Gasteiger charge is -2.13. The van der Waals surface area contributed by atoms with E-state index in [9.17, 15) is 9.90 Å². The molecule has 116 valence electrons. The van der Waals surface area contributed by atoms with Crippen LogP contribution in [0.15, 0.2) is 72.3 Å². The van der Waals surface area contributed by atoms with Crippen LogP contribution in [-0.4, -0.2) is 17.7 Å². The number of hydrogen-bond acceptors (Lipinski definition) is 3. The van der Waals surface area contributed by atoms with Gasteiger partial charge in [0.15, 0.2) is 0 Å². The van der Waals surface area contributed by atoms with Gasteiger partial charge in [-0.15, -0.1) is 0 Å². The summed E-state index contributed by atoms with van der Waals surface area (Å²) in [7, 11) is 0. The quantitative estimate of drug-likeness (QED) is 0.536. The zero-order chi connectivity index (χ0) is 16.5. The molecule has 2 aromatic rings. The van der Waals surface area contributed by atoms with E-state index < -0.39 is 12.1 Å². The van der Waals surface area contributed by atoms with Crippen molar-refractivity contribution < 1.29 is 14.6 Å². The van der Waals surface area contributed by atoms with Gasteiger partial charge in [0.1, 0.15) is 6.10 Å². The molecule has 23 heavy (non-hydrogen) atoms. The molecule has 3 heteroatoms. The first-order chi connectivity index (χ1) is 11.2. The number of ether oxygens (including phenoxy) is 1. The van der Waals surface area contributed by atoms with E-state index in [-0.39, 0.29) is 12.2 Å². The zero-order valence-electron chi connectivity index (χ0n) is 12.9. The van der Waals surface area contributed by atoms with E-state index in [1.807, 2.05) is 36.4 Å². The smallest absolute Gasteiger partial charge is 0.337 e. The van der Waals surface area contributed by atoms with Gasteiger partial charge in [-0.2, -0.15) is 0 Å². The molecule has 0 saturated heterocycles. The predicted octanol–water partition coefficient (Wildman–Crippen LogP) is 3.26. The number of carbonyl (C=O) groups is 1. The maximum absolute atomic E-state index is 12.1. The Balaban J connectivity index is 2.29. The van der Waals surface area contributed by atoms with Gasteiger partial charge in [-0.3, -0.25) is 0 Å². The number of aliphatic hydroxyl groups is 1. The van der Waals surface area contributed by atoms with Gasteiger partial charge < -0.3 is 9.84 Å². The Kier molecular flexibility index (Phi) is 6.17. The SMILES string of the molecule is CCOC(=O)/C(=C\C#Cc1ccccc1)C(O)c1ccccc1. The zero-order valence-corrected chi connectivity index (χ0v) is 12.9. The minimum Gasteiger partial charge on any atom is -0.463 e. The van der Waals surface area contributed by atoms with Crippen LogP contribution < -0.4 is 0 Å². The molecule has 0 aliphatic rings. The molecule has 0 heterocycles. The van der Waals surface area contributed by atoms with E-state index in [1.165, 1.54) is 6.08 Å². The molecule has 1 unspecified atom stereocenters. The normalized spacial score (nSPS) is 12.0. The fraction of sp³-hybridized carbons (Fsp3) is 0.150. The van der Waals surface area contributed by atoms with Crippen molar-refractivity contribution in [2.45, 2.75) is 13.0 Å². The Morgan fingerprint density at radius 1 is 1.13 bits per heavy atom. The van der Waals surface area contributed by atoms with Crippen LogP contribution >= 0.6 is 0 Å². The molecular weight excluding hydrogens is 288 g/mol. The molecule has 0 fully saturated rings. The second-order valence-corrected chi connectivity index (χ2v) is 4.77. The Bertz CT molecular complexity index is 722. The van der Waals surface area contributed by atoms with Crippen molar-refractivity contribution in [2.75, 3.05) is 6.61 Å². The van der Waals surface area contributed by atoms with Crippen LogP contribution in [0.4, 0.5) is 0 Å². The van der Waals surface area contributed by atoms with Crippen LogP contribution in [0.1, 0.15) is 24.2 Å². The summed E-state index contributed by atoms with van der Waals surface area (Å²) >= 11 is 0. The van der Waals surface area contributed by atoms with E-state index in [2.05, 4.69) is 11.8 Å².